The van der Waals surface area contributed by atoms with Gasteiger partial charge in [0.1, 0.15) is 0 Å². The van der Waals surface area contributed by atoms with Crippen molar-refractivity contribution in [3.63, 3.8) is 0 Å². The molecule has 1 aromatic rings. The lowest BCUT2D eigenvalue weighted by Crippen LogP contribution is -2.24. The molecular weight excluding hydrogens is 160 g/mol. The highest BCUT2D eigenvalue weighted by atomic mass is 15.1. The van der Waals surface area contributed by atoms with Crippen molar-refractivity contribution in [1.82, 2.24) is 0 Å². The summed E-state index contributed by atoms with van der Waals surface area (Å²) in [5.74, 6) is 0. The number of nitrogens with zero attached hydrogens (tertiary/aromatic N) is 1. The molecule has 0 spiro atoms. The smallest absolute Gasteiger partial charge is 0.0599 e. The van der Waals surface area contributed by atoms with E-state index in [1.807, 2.05) is 18.2 Å². The van der Waals surface area contributed by atoms with Gasteiger partial charge in [-0.15, -0.1) is 0 Å². The van der Waals surface area contributed by atoms with Crippen LogP contribution < -0.4 is 10.6 Å². The Morgan fingerprint density at radius 3 is 2.46 bits per heavy atom. The van der Waals surface area contributed by atoms with E-state index in [2.05, 4.69) is 24.8 Å². The average Bonchev–Trinajstić information content (AvgIpc) is 2.16. The second kappa shape index (κ2) is 4.75. The highest BCUT2D eigenvalue weighted by molar-refractivity contribution is 5.67. The molecule has 2 nitrogen and oxygen atoms in total. The Morgan fingerprint density at radius 2 is 1.92 bits per heavy atom. The third kappa shape index (κ3) is 2.38. The molecule has 0 radical (unpaired) electrons. The molecule has 0 bridgehead atoms. The summed E-state index contributed by atoms with van der Waals surface area (Å²) >= 11 is 0. The minimum atomic E-state index is 0.873. The van der Waals surface area contributed by atoms with Crippen LogP contribution in [0.1, 0.15) is 20.3 Å². The Hall–Kier alpha value is -1.18. The van der Waals surface area contributed by atoms with Crippen molar-refractivity contribution in [3.8, 4) is 0 Å². The van der Waals surface area contributed by atoms with Gasteiger partial charge in [0.15, 0.2) is 0 Å². The van der Waals surface area contributed by atoms with Crippen LogP contribution in [0.25, 0.3) is 0 Å². The fraction of sp³-hybridized carbons (Fsp3) is 0.455. The highest BCUT2D eigenvalue weighted by Gasteiger charge is 2.04. The van der Waals surface area contributed by atoms with Crippen molar-refractivity contribution in [2.45, 2.75) is 20.3 Å². The summed E-state index contributed by atoms with van der Waals surface area (Å²) in [5.41, 5.74) is 7.92. The van der Waals surface area contributed by atoms with Crippen LogP contribution >= 0.6 is 0 Å². The van der Waals surface area contributed by atoms with E-state index in [4.69, 9.17) is 5.73 Å². The molecule has 2 heteroatoms. The Bertz CT molecular complexity index is 258. The van der Waals surface area contributed by atoms with Gasteiger partial charge in [-0.3, -0.25) is 0 Å². The number of anilines is 2. The second-order valence-corrected chi connectivity index (χ2v) is 3.14. The van der Waals surface area contributed by atoms with Crippen LogP contribution in [0.15, 0.2) is 24.3 Å². The lowest BCUT2D eigenvalue weighted by molar-refractivity contribution is 0.793. The molecule has 0 aliphatic rings. The van der Waals surface area contributed by atoms with Crippen LogP contribution in [0.2, 0.25) is 0 Å². The number of rotatable bonds is 4. The molecule has 0 saturated heterocycles. The maximum Gasteiger partial charge on any atom is 0.0599 e. The maximum absolute atomic E-state index is 5.89. The van der Waals surface area contributed by atoms with E-state index in [9.17, 15) is 0 Å². The van der Waals surface area contributed by atoms with Gasteiger partial charge in [0.05, 0.1) is 11.4 Å². The van der Waals surface area contributed by atoms with E-state index in [-0.39, 0.29) is 0 Å². The summed E-state index contributed by atoms with van der Waals surface area (Å²) < 4.78 is 0. The zero-order valence-corrected chi connectivity index (χ0v) is 8.46. The third-order valence-corrected chi connectivity index (χ3v) is 2.15. The number of nitrogens with two attached hydrogens (primary N) is 1. The van der Waals surface area contributed by atoms with Crippen molar-refractivity contribution in [1.29, 1.82) is 0 Å². The van der Waals surface area contributed by atoms with Gasteiger partial charge < -0.3 is 10.6 Å². The molecule has 0 fully saturated rings. The van der Waals surface area contributed by atoms with E-state index >= 15 is 0 Å². The van der Waals surface area contributed by atoms with Crippen molar-refractivity contribution in [2.75, 3.05) is 23.7 Å². The Kier molecular flexibility index (Phi) is 3.62. The predicted octanol–water partition coefficient (Wildman–Crippen LogP) is 2.51. The highest BCUT2D eigenvalue weighted by Crippen LogP contribution is 2.21. The average molecular weight is 178 g/mol. The zero-order valence-electron chi connectivity index (χ0n) is 8.46. The summed E-state index contributed by atoms with van der Waals surface area (Å²) in [4.78, 5) is 2.30. The fourth-order valence-electron chi connectivity index (χ4n) is 1.49. The largest absolute Gasteiger partial charge is 0.397 e. The minimum absolute atomic E-state index is 0.873. The Labute approximate surface area is 80.4 Å². The molecule has 0 atom stereocenters. The standard InChI is InChI=1S/C11H18N2/c1-3-9-13(4-2)11-8-6-5-7-10(11)12/h5-8H,3-4,9,12H2,1-2H3. The molecule has 1 rings (SSSR count). The van der Waals surface area contributed by atoms with Crippen LogP contribution in [0.3, 0.4) is 0 Å². The number of nitrogen functional groups attached to an aromatic ring is 1. The van der Waals surface area contributed by atoms with E-state index in [0.29, 0.717) is 0 Å². The molecule has 2 N–H and O–H groups in total. The summed E-state index contributed by atoms with van der Waals surface area (Å²) in [7, 11) is 0. The molecule has 1 aromatic carbocycles. The molecule has 0 aliphatic heterocycles. The monoisotopic (exact) mass is 178 g/mol. The number of hydrogen-bond donors (Lipinski definition) is 1. The van der Waals surface area contributed by atoms with Gasteiger partial charge in [-0.05, 0) is 25.5 Å². The molecule has 0 unspecified atom stereocenters. The molecule has 0 amide bonds. The predicted molar refractivity (Wildman–Crippen MR) is 59.0 cm³/mol. The van der Waals surface area contributed by atoms with Gasteiger partial charge in [-0.2, -0.15) is 0 Å². The van der Waals surface area contributed by atoms with Crippen molar-refractivity contribution in [3.05, 3.63) is 24.3 Å². The lowest BCUT2D eigenvalue weighted by atomic mass is 10.2. The molecule has 0 aliphatic carbocycles. The Balaban J connectivity index is 2.84. The number of hydrogen-bond acceptors (Lipinski definition) is 2. The normalized spacial score (nSPS) is 10.0. The van der Waals surface area contributed by atoms with Gasteiger partial charge in [0, 0.05) is 13.1 Å². The van der Waals surface area contributed by atoms with Crippen molar-refractivity contribution >= 4 is 11.4 Å². The van der Waals surface area contributed by atoms with Gasteiger partial charge >= 0.3 is 0 Å². The molecular formula is C11H18N2. The fourth-order valence-corrected chi connectivity index (χ4v) is 1.49. The summed E-state index contributed by atoms with van der Waals surface area (Å²) in [6.45, 7) is 6.43. The third-order valence-electron chi connectivity index (χ3n) is 2.15. The summed E-state index contributed by atoms with van der Waals surface area (Å²) in [6, 6.07) is 8.03. The second-order valence-electron chi connectivity index (χ2n) is 3.14. The van der Waals surface area contributed by atoms with Gasteiger partial charge in [-0.1, -0.05) is 19.1 Å². The van der Waals surface area contributed by atoms with Gasteiger partial charge in [-0.25, -0.2) is 0 Å². The molecule has 0 saturated carbocycles. The first-order chi connectivity index (χ1) is 6.29. The van der Waals surface area contributed by atoms with Crippen molar-refractivity contribution < 1.29 is 0 Å². The zero-order chi connectivity index (χ0) is 9.68. The van der Waals surface area contributed by atoms with Crippen molar-refractivity contribution in [2.24, 2.45) is 0 Å². The van der Waals surface area contributed by atoms with Crippen LogP contribution in [0, 0.1) is 0 Å². The van der Waals surface area contributed by atoms with Crippen LogP contribution in [-0.4, -0.2) is 13.1 Å². The quantitative estimate of drug-likeness (QED) is 0.718. The topological polar surface area (TPSA) is 29.3 Å². The van der Waals surface area contributed by atoms with E-state index in [1.165, 1.54) is 0 Å². The molecule has 0 heterocycles. The SMILES string of the molecule is CCCN(CC)c1ccccc1N. The first-order valence-corrected chi connectivity index (χ1v) is 4.89. The van der Waals surface area contributed by atoms with E-state index in [1.54, 1.807) is 0 Å². The van der Waals surface area contributed by atoms with Gasteiger partial charge in [0.25, 0.3) is 0 Å². The van der Waals surface area contributed by atoms with Crippen LogP contribution in [0.4, 0.5) is 11.4 Å². The van der Waals surface area contributed by atoms with Crippen LogP contribution in [-0.2, 0) is 0 Å². The molecule has 0 aromatic heterocycles. The summed E-state index contributed by atoms with van der Waals surface area (Å²) in [6.07, 6.45) is 1.15. The van der Waals surface area contributed by atoms with Gasteiger partial charge in [0.2, 0.25) is 0 Å². The Morgan fingerprint density at radius 1 is 1.23 bits per heavy atom. The van der Waals surface area contributed by atoms with E-state index in [0.717, 1.165) is 30.9 Å². The first-order valence-electron chi connectivity index (χ1n) is 4.89. The first kappa shape index (κ1) is 9.90. The van der Waals surface area contributed by atoms with Crippen LogP contribution in [0.5, 0.6) is 0 Å². The summed E-state index contributed by atoms with van der Waals surface area (Å²) in [5, 5.41) is 0. The molecule has 13 heavy (non-hydrogen) atoms. The molecule has 72 valence electrons. The lowest BCUT2D eigenvalue weighted by Gasteiger charge is -2.23. The van der Waals surface area contributed by atoms with E-state index < -0.39 is 0 Å². The maximum atomic E-state index is 5.89. The number of benzene rings is 1. The minimum Gasteiger partial charge on any atom is -0.397 e. The number of para-hydroxylation sites is 2.